The molecule has 1 aromatic carbocycles. The number of rotatable bonds is 4. The molecule has 0 unspecified atom stereocenters. The Morgan fingerprint density at radius 2 is 2.11 bits per heavy atom. The van der Waals surface area contributed by atoms with E-state index in [1.807, 2.05) is 24.3 Å². The summed E-state index contributed by atoms with van der Waals surface area (Å²) < 4.78 is 5.60. The first-order valence-electron chi connectivity index (χ1n) is 6.62. The number of hydrogen-bond donors (Lipinski definition) is 1. The lowest BCUT2D eigenvalue weighted by Crippen LogP contribution is -2.38. The number of aliphatic hydroxyl groups is 1. The molecule has 0 bridgehead atoms. The number of carbonyl (C=O) groups is 1. The van der Waals surface area contributed by atoms with Crippen LogP contribution in [0.3, 0.4) is 0 Å². The second-order valence-electron chi connectivity index (χ2n) is 5.28. The number of benzene rings is 1. The van der Waals surface area contributed by atoms with Crippen molar-refractivity contribution in [2.45, 2.75) is 45.0 Å². The van der Waals surface area contributed by atoms with Gasteiger partial charge in [0.25, 0.3) is 0 Å². The van der Waals surface area contributed by atoms with Crippen LogP contribution in [-0.4, -0.2) is 22.8 Å². The fourth-order valence-electron chi connectivity index (χ4n) is 2.38. The zero-order valence-corrected chi connectivity index (χ0v) is 11.4. The summed E-state index contributed by atoms with van der Waals surface area (Å²) in [6.07, 6.45) is 3.54. The molecule has 0 spiro atoms. The van der Waals surface area contributed by atoms with Crippen LogP contribution in [-0.2, 0) is 16.0 Å². The molecule has 3 nitrogen and oxygen atoms in total. The number of aryl methyl sites for hydroxylation is 1. The van der Waals surface area contributed by atoms with Crippen LogP contribution in [0.4, 0.5) is 0 Å². The summed E-state index contributed by atoms with van der Waals surface area (Å²) in [5.74, 6) is -1.23. The van der Waals surface area contributed by atoms with Crippen molar-refractivity contribution in [1.29, 1.82) is 0 Å². The van der Waals surface area contributed by atoms with E-state index >= 15 is 0 Å². The third-order valence-corrected chi connectivity index (χ3v) is 3.32. The smallest absolute Gasteiger partial charge is 0.167 e. The second kappa shape index (κ2) is 5.68. The van der Waals surface area contributed by atoms with E-state index in [1.54, 1.807) is 6.92 Å². The van der Waals surface area contributed by atoms with Gasteiger partial charge in [-0.2, -0.15) is 0 Å². The monoisotopic (exact) mass is 260 g/mol. The third-order valence-electron chi connectivity index (χ3n) is 3.32. The van der Waals surface area contributed by atoms with Crippen LogP contribution in [0.25, 0.3) is 0 Å². The van der Waals surface area contributed by atoms with Crippen molar-refractivity contribution in [3.8, 4) is 0 Å². The number of hydrogen-bond acceptors (Lipinski definition) is 3. The van der Waals surface area contributed by atoms with Gasteiger partial charge in [0, 0.05) is 6.42 Å². The molecule has 19 heavy (non-hydrogen) atoms. The first-order chi connectivity index (χ1) is 8.96. The molecule has 2 atom stereocenters. The maximum Gasteiger partial charge on any atom is 0.167 e. The molecular formula is C16H20O3. The Bertz CT molecular complexity index is 474. The first-order valence-corrected chi connectivity index (χ1v) is 6.62. The molecule has 0 saturated heterocycles. The Kier molecular flexibility index (Phi) is 4.17. The third kappa shape index (κ3) is 4.01. The lowest BCUT2D eigenvalue weighted by molar-refractivity contribution is -0.214. The van der Waals surface area contributed by atoms with Gasteiger partial charge in [0.15, 0.2) is 11.6 Å². The van der Waals surface area contributed by atoms with E-state index in [1.165, 1.54) is 12.5 Å². The van der Waals surface area contributed by atoms with Gasteiger partial charge in [-0.15, -0.1) is 0 Å². The minimum atomic E-state index is -1.24. The Morgan fingerprint density at radius 3 is 2.74 bits per heavy atom. The van der Waals surface area contributed by atoms with Crippen LogP contribution in [0.5, 0.6) is 0 Å². The number of ether oxygens (including phenoxy) is 1. The van der Waals surface area contributed by atoms with Crippen molar-refractivity contribution in [3.63, 3.8) is 0 Å². The average molecular weight is 260 g/mol. The zero-order valence-electron chi connectivity index (χ0n) is 11.4. The van der Waals surface area contributed by atoms with Crippen molar-refractivity contribution in [3.05, 3.63) is 47.5 Å². The van der Waals surface area contributed by atoms with Gasteiger partial charge in [-0.3, -0.25) is 4.79 Å². The van der Waals surface area contributed by atoms with E-state index in [9.17, 15) is 9.90 Å². The molecule has 1 aliphatic rings. The van der Waals surface area contributed by atoms with Crippen molar-refractivity contribution in [2.75, 3.05) is 0 Å². The summed E-state index contributed by atoms with van der Waals surface area (Å²) >= 11 is 0. The molecule has 3 heteroatoms. The molecular weight excluding hydrogens is 240 g/mol. The first kappa shape index (κ1) is 14.0. The normalized spacial score (nSPS) is 26.9. The zero-order chi connectivity index (χ0) is 13.9. The van der Waals surface area contributed by atoms with Gasteiger partial charge < -0.3 is 9.84 Å². The van der Waals surface area contributed by atoms with Gasteiger partial charge in [0.2, 0.25) is 0 Å². The lowest BCUT2D eigenvalue weighted by atomic mass is 9.95. The van der Waals surface area contributed by atoms with Gasteiger partial charge in [0.1, 0.15) is 0 Å². The van der Waals surface area contributed by atoms with Crippen molar-refractivity contribution in [2.24, 2.45) is 0 Å². The summed E-state index contributed by atoms with van der Waals surface area (Å²) in [7, 11) is 0. The van der Waals surface area contributed by atoms with Gasteiger partial charge in [-0.05, 0) is 43.9 Å². The van der Waals surface area contributed by atoms with E-state index in [4.69, 9.17) is 4.74 Å². The fourth-order valence-corrected chi connectivity index (χ4v) is 2.38. The minimum Gasteiger partial charge on any atom is -0.365 e. The number of Topliss-reactive ketones (excluding diaryl/α,β-unsaturated/α-hetero) is 1. The summed E-state index contributed by atoms with van der Waals surface area (Å²) in [5, 5.41) is 10.0. The molecule has 0 aliphatic carbocycles. The highest BCUT2D eigenvalue weighted by Gasteiger charge is 2.32. The number of carbonyl (C=O) groups excluding carboxylic acids is 1. The highest BCUT2D eigenvalue weighted by atomic mass is 16.6. The Hall–Kier alpha value is -1.45. The molecule has 0 saturated carbocycles. The maximum atomic E-state index is 11.5. The van der Waals surface area contributed by atoms with Gasteiger partial charge in [-0.1, -0.05) is 30.3 Å². The van der Waals surface area contributed by atoms with E-state index < -0.39 is 5.79 Å². The van der Waals surface area contributed by atoms with Crippen LogP contribution >= 0.6 is 0 Å². The second-order valence-corrected chi connectivity index (χ2v) is 5.28. The predicted octanol–water partition coefficient (Wildman–Crippen LogP) is 2.63. The van der Waals surface area contributed by atoms with Crippen molar-refractivity contribution < 1.29 is 14.6 Å². The largest absolute Gasteiger partial charge is 0.365 e. The van der Waals surface area contributed by atoms with E-state index in [0.717, 1.165) is 12.8 Å². The molecule has 0 fully saturated rings. The van der Waals surface area contributed by atoms with E-state index in [2.05, 4.69) is 12.1 Å². The molecule has 102 valence electrons. The summed E-state index contributed by atoms with van der Waals surface area (Å²) in [6.45, 7) is 3.14. The minimum absolute atomic E-state index is 0.00767. The highest BCUT2D eigenvalue weighted by Crippen LogP contribution is 2.28. The molecule has 0 amide bonds. The molecule has 0 aromatic heterocycles. The quantitative estimate of drug-likeness (QED) is 0.905. The van der Waals surface area contributed by atoms with Crippen LogP contribution in [0.1, 0.15) is 32.3 Å². The standard InChI is InChI=1S/C16H20O3/c1-12(17)14-10-15(19-16(2,18)11-14)9-8-13-6-4-3-5-7-13/h3-7,10,15,18H,8-9,11H2,1-2H3/t15-,16+/m1/s1. The SMILES string of the molecule is CC(=O)C1=C[C@@H](CCc2ccccc2)O[C@](C)(O)C1. The molecule has 2 rings (SSSR count). The van der Waals surface area contributed by atoms with Crippen LogP contribution in [0.15, 0.2) is 42.0 Å². The molecule has 1 aromatic rings. The number of ketones is 1. The maximum absolute atomic E-state index is 11.5. The van der Waals surface area contributed by atoms with Gasteiger partial charge >= 0.3 is 0 Å². The van der Waals surface area contributed by atoms with E-state index in [0.29, 0.717) is 5.57 Å². The average Bonchev–Trinajstić information content (AvgIpc) is 2.36. The summed E-state index contributed by atoms with van der Waals surface area (Å²) in [5.41, 5.74) is 1.89. The Labute approximate surface area is 113 Å². The van der Waals surface area contributed by atoms with Crippen LogP contribution in [0.2, 0.25) is 0 Å². The van der Waals surface area contributed by atoms with Crippen LogP contribution in [0, 0.1) is 0 Å². The molecule has 1 aliphatic heterocycles. The van der Waals surface area contributed by atoms with Crippen molar-refractivity contribution in [1.82, 2.24) is 0 Å². The van der Waals surface area contributed by atoms with Gasteiger partial charge in [-0.25, -0.2) is 0 Å². The summed E-state index contributed by atoms with van der Waals surface area (Å²) in [4.78, 5) is 11.5. The van der Waals surface area contributed by atoms with Crippen LogP contribution < -0.4 is 0 Å². The predicted molar refractivity (Wildman–Crippen MR) is 73.6 cm³/mol. The topological polar surface area (TPSA) is 46.5 Å². The fraction of sp³-hybridized carbons (Fsp3) is 0.438. The Morgan fingerprint density at radius 1 is 1.42 bits per heavy atom. The molecule has 0 radical (unpaired) electrons. The van der Waals surface area contributed by atoms with E-state index in [-0.39, 0.29) is 18.3 Å². The van der Waals surface area contributed by atoms with Crippen molar-refractivity contribution >= 4 is 5.78 Å². The lowest BCUT2D eigenvalue weighted by Gasteiger charge is -2.33. The highest BCUT2D eigenvalue weighted by molar-refractivity contribution is 5.93. The Balaban J connectivity index is 2.03. The summed E-state index contributed by atoms with van der Waals surface area (Å²) in [6, 6.07) is 10.1. The van der Waals surface area contributed by atoms with Gasteiger partial charge in [0.05, 0.1) is 6.10 Å². The molecule has 1 N–H and O–H groups in total. The molecule has 1 heterocycles.